The minimum atomic E-state index is -3.43. The van der Waals surface area contributed by atoms with Gasteiger partial charge in [-0.3, -0.25) is 9.97 Å². The first-order valence-corrected chi connectivity index (χ1v) is 22.0. The second-order valence-electron chi connectivity index (χ2n) is 14.9. The molecule has 6 aromatic carbocycles. The van der Waals surface area contributed by atoms with Crippen LogP contribution in [-0.2, 0) is 9.98 Å². The van der Waals surface area contributed by atoms with E-state index in [1.165, 1.54) is 0 Å². The molecular formula is C51H31N4O2PS. The molecule has 12 rings (SSSR count). The summed E-state index contributed by atoms with van der Waals surface area (Å²) in [6.07, 6.45) is 7.14. The molecule has 2 atom stereocenters. The second-order valence-corrected chi connectivity index (χ2v) is 18.7. The Balaban J connectivity index is 1.17. The average molecular weight is 795 g/mol. The number of pyridine rings is 2. The van der Waals surface area contributed by atoms with Crippen molar-refractivity contribution in [3.8, 4) is 33.9 Å². The van der Waals surface area contributed by atoms with Gasteiger partial charge in [0.05, 0.1) is 16.8 Å². The van der Waals surface area contributed by atoms with Crippen molar-refractivity contribution in [1.82, 2.24) is 19.9 Å². The highest BCUT2D eigenvalue weighted by Gasteiger charge is 2.54. The van der Waals surface area contributed by atoms with Crippen molar-refractivity contribution in [2.24, 2.45) is 0 Å². The molecule has 0 radical (unpaired) electrons. The van der Waals surface area contributed by atoms with Gasteiger partial charge >= 0.3 is 0 Å². The molecule has 1 spiro atoms. The monoisotopic (exact) mass is 794 g/mol. The van der Waals surface area contributed by atoms with Crippen LogP contribution >= 0.6 is 18.9 Å². The summed E-state index contributed by atoms with van der Waals surface area (Å²) in [5.41, 5.74) is 9.41. The molecule has 10 aromatic rings. The molecule has 59 heavy (non-hydrogen) atoms. The van der Waals surface area contributed by atoms with Crippen LogP contribution in [0.4, 0.5) is 0 Å². The maximum Gasteiger partial charge on any atom is 0.171 e. The van der Waals surface area contributed by atoms with Crippen molar-refractivity contribution >= 4 is 56.8 Å². The third kappa shape index (κ3) is 4.99. The van der Waals surface area contributed by atoms with E-state index in [2.05, 4.69) is 88.8 Å². The van der Waals surface area contributed by atoms with Gasteiger partial charge in [0.1, 0.15) is 11.2 Å². The van der Waals surface area contributed by atoms with Gasteiger partial charge in [0.15, 0.2) is 13.0 Å². The molecular weight excluding hydrogens is 764 g/mol. The molecule has 6 nitrogen and oxygen atoms in total. The van der Waals surface area contributed by atoms with Crippen LogP contribution in [0.2, 0.25) is 0 Å². The molecule has 8 heteroatoms. The van der Waals surface area contributed by atoms with Crippen LogP contribution in [0.25, 0.3) is 55.8 Å². The van der Waals surface area contributed by atoms with E-state index < -0.39 is 12.6 Å². The first-order valence-electron chi connectivity index (χ1n) is 19.4. The maximum absolute atomic E-state index is 16.5. The Morgan fingerprint density at radius 3 is 1.88 bits per heavy atom. The molecule has 0 fully saturated rings. The lowest BCUT2D eigenvalue weighted by atomic mass is 9.64. The number of hydrogen-bond acceptors (Lipinski definition) is 7. The summed E-state index contributed by atoms with van der Waals surface area (Å²) < 4.78 is 23.0. The lowest BCUT2D eigenvalue weighted by molar-refractivity contribution is 0.589. The van der Waals surface area contributed by atoms with Gasteiger partial charge in [-0.1, -0.05) is 115 Å². The Labute approximate surface area is 344 Å². The number of rotatable bonds is 4. The van der Waals surface area contributed by atoms with Crippen molar-refractivity contribution in [2.45, 2.75) is 15.2 Å². The van der Waals surface area contributed by atoms with E-state index in [4.69, 9.17) is 14.4 Å². The topological polar surface area (TPSA) is 81.8 Å². The van der Waals surface area contributed by atoms with E-state index in [1.54, 1.807) is 36.5 Å². The highest BCUT2D eigenvalue weighted by Crippen LogP contribution is 2.62. The fourth-order valence-electron chi connectivity index (χ4n) is 9.26. The van der Waals surface area contributed by atoms with Crippen molar-refractivity contribution in [1.29, 1.82) is 0 Å². The third-order valence-electron chi connectivity index (χ3n) is 11.8. The fourth-order valence-corrected chi connectivity index (χ4v) is 13.6. The summed E-state index contributed by atoms with van der Waals surface area (Å²) in [5, 5.41) is 4.45. The highest BCUT2D eigenvalue weighted by atomic mass is 32.2. The Kier molecular flexibility index (Phi) is 7.55. The van der Waals surface area contributed by atoms with E-state index in [9.17, 15) is 0 Å². The van der Waals surface area contributed by atoms with Crippen LogP contribution < -0.4 is 15.9 Å². The highest BCUT2D eigenvalue weighted by molar-refractivity contribution is 7.99. The molecule has 0 saturated carbocycles. The summed E-state index contributed by atoms with van der Waals surface area (Å²) in [6.45, 7) is 0. The minimum Gasteiger partial charge on any atom is -0.456 e. The molecule has 2 aliphatic rings. The van der Waals surface area contributed by atoms with Crippen molar-refractivity contribution in [3.05, 3.63) is 211 Å². The standard InChI is InChI=1S/C51H31N4O2PS/c56-58(35-10-2-1-3-11-35)46-16-8-5-13-38(46)51(41-29-37-36-12-4-7-15-44(36)57-45(37)31-47(41)58)39-14-6-9-17-48(39)59-49-28-34(18-19-40(49)51)50-54-42(32-20-24-52-25-21-32)30-43(55-50)33-22-26-53-27-23-33/h1-31H. The van der Waals surface area contributed by atoms with Gasteiger partial charge in [0, 0.05) is 78.0 Å². The van der Waals surface area contributed by atoms with Gasteiger partial charge in [-0.25, -0.2) is 9.97 Å². The lowest BCUT2D eigenvalue weighted by Gasteiger charge is -2.47. The van der Waals surface area contributed by atoms with Crippen LogP contribution in [-0.4, -0.2) is 19.9 Å². The van der Waals surface area contributed by atoms with E-state index in [-0.39, 0.29) is 0 Å². The predicted octanol–water partition coefficient (Wildman–Crippen LogP) is 11.0. The van der Waals surface area contributed by atoms with E-state index in [0.717, 1.165) is 98.0 Å². The molecule has 278 valence electrons. The summed E-state index contributed by atoms with van der Waals surface area (Å²) in [4.78, 5) is 21.1. The summed E-state index contributed by atoms with van der Waals surface area (Å²) in [6, 6.07) is 56.1. The number of aromatic nitrogens is 4. The normalized spacial score (nSPS) is 17.6. The number of benzene rings is 6. The van der Waals surface area contributed by atoms with Gasteiger partial charge in [0.25, 0.3) is 0 Å². The van der Waals surface area contributed by atoms with Gasteiger partial charge < -0.3 is 8.98 Å². The number of nitrogens with zero attached hydrogens (tertiary/aromatic N) is 4. The summed E-state index contributed by atoms with van der Waals surface area (Å²) in [7, 11) is -3.43. The van der Waals surface area contributed by atoms with Gasteiger partial charge in [-0.2, -0.15) is 0 Å². The van der Waals surface area contributed by atoms with Crippen molar-refractivity contribution in [3.63, 3.8) is 0 Å². The molecule has 2 unspecified atom stereocenters. The van der Waals surface area contributed by atoms with E-state index in [0.29, 0.717) is 5.82 Å². The minimum absolute atomic E-state index is 0.618. The SMILES string of the molecule is O=P1(c2ccccc2)c2ccccc2C2(c3ccccc3Sc3cc(-c4nc(-c5ccncc5)cc(-c5ccncc5)n4)ccc32)c2cc3c(cc21)oc1ccccc13. The molecule has 0 amide bonds. The number of fused-ring (bicyclic) bond motifs is 11. The van der Waals surface area contributed by atoms with Gasteiger partial charge in [-0.15, -0.1) is 0 Å². The molecule has 6 heterocycles. The Bertz CT molecular complexity index is 3300. The molecule has 0 saturated heterocycles. The molecule has 4 aromatic heterocycles. The Morgan fingerprint density at radius 1 is 0.475 bits per heavy atom. The second kappa shape index (κ2) is 13.0. The van der Waals surface area contributed by atoms with Crippen molar-refractivity contribution < 1.29 is 8.98 Å². The molecule has 2 aliphatic heterocycles. The Hall–Kier alpha value is -6.92. The zero-order chi connectivity index (χ0) is 39.1. The first-order chi connectivity index (χ1) is 29.1. The quantitative estimate of drug-likeness (QED) is 0.164. The number of furan rings is 1. The lowest BCUT2D eigenvalue weighted by Crippen LogP contribution is -2.48. The molecule has 0 aliphatic carbocycles. The molecule has 0 bridgehead atoms. The maximum atomic E-state index is 16.5. The molecule has 0 N–H and O–H groups in total. The van der Waals surface area contributed by atoms with Gasteiger partial charge in [0.2, 0.25) is 0 Å². The van der Waals surface area contributed by atoms with Crippen LogP contribution in [0.1, 0.15) is 22.3 Å². The summed E-state index contributed by atoms with van der Waals surface area (Å²) >= 11 is 1.75. The van der Waals surface area contributed by atoms with Crippen LogP contribution in [0.5, 0.6) is 0 Å². The Morgan fingerprint density at radius 2 is 1.12 bits per heavy atom. The van der Waals surface area contributed by atoms with Crippen LogP contribution in [0, 0.1) is 0 Å². The van der Waals surface area contributed by atoms with Crippen LogP contribution in [0.3, 0.4) is 0 Å². The van der Waals surface area contributed by atoms with Gasteiger partial charge in [-0.05, 0) is 82.9 Å². The van der Waals surface area contributed by atoms with E-state index in [1.807, 2.05) is 84.9 Å². The summed E-state index contributed by atoms with van der Waals surface area (Å²) in [5.74, 6) is 0.618. The largest absolute Gasteiger partial charge is 0.456 e. The average Bonchev–Trinajstić information content (AvgIpc) is 3.68. The third-order valence-corrected chi connectivity index (χ3v) is 16.1. The van der Waals surface area contributed by atoms with Crippen molar-refractivity contribution in [2.75, 3.05) is 0 Å². The smallest absolute Gasteiger partial charge is 0.171 e. The zero-order valence-corrected chi connectivity index (χ0v) is 33.1. The fraction of sp³-hybridized carbons (Fsp3) is 0.0196. The number of hydrogen-bond donors (Lipinski definition) is 0. The first kappa shape index (κ1) is 34.1. The van der Waals surface area contributed by atoms with Crippen LogP contribution in [0.15, 0.2) is 203 Å². The predicted molar refractivity (Wildman–Crippen MR) is 237 cm³/mol. The number of para-hydroxylation sites is 1. The zero-order valence-electron chi connectivity index (χ0n) is 31.4. The van der Waals surface area contributed by atoms with E-state index >= 15 is 4.57 Å².